The molecule has 2 N–H and O–H groups in total. The largest absolute Gasteiger partial charge is 0.323 e. The Kier molecular flexibility index (Phi) is 3.95. The lowest BCUT2D eigenvalue weighted by Crippen LogP contribution is -2.39. The molecule has 0 aliphatic rings. The summed E-state index contributed by atoms with van der Waals surface area (Å²) in [6.45, 7) is 5.78. The lowest BCUT2D eigenvalue weighted by atomic mass is 10.0. The summed E-state index contributed by atoms with van der Waals surface area (Å²) in [5, 5.41) is 5.88. The second-order valence-electron chi connectivity index (χ2n) is 4.38. The molecule has 0 atom stereocenters. The summed E-state index contributed by atoms with van der Waals surface area (Å²) in [5.41, 5.74) is 1.22. The van der Waals surface area contributed by atoms with Gasteiger partial charge in [0, 0.05) is 12.0 Å². The van der Waals surface area contributed by atoms with Gasteiger partial charge in [0.1, 0.15) is 6.33 Å². The van der Waals surface area contributed by atoms with Crippen LogP contribution in [0.5, 0.6) is 0 Å². The Labute approximate surface area is 95.7 Å². The van der Waals surface area contributed by atoms with E-state index in [0.717, 1.165) is 5.69 Å². The van der Waals surface area contributed by atoms with E-state index in [4.69, 9.17) is 0 Å². The Morgan fingerprint density at radius 2 is 2.19 bits per heavy atom. The molecule has 0 spiro atoms. The molecular weight excluding hydrogens is 204 g/mol. The van der Waals surface area contributed by atoms with Crippen LogP contribution < -0.4 is 10.6 Å². The molecular formula is C11H18N4O. The number of aromatic nitrogens is 2. The second-order valence-corrected chi connectivity index (χ2v) is 4.38. The van der Waals surface area contributed by atoms with Gasteiger partial charge in [-0.1, -0.05) is 0 Å². The number of hydrogen-bond acceptors (Lipinski definition) is 4. The number of amides is 1. The fourth-order valence-electron chi connectivity index (χ4n) is 1.20. The van der Waals surface area contributed by atoms with Crippen LogP contribution in [0.1, 0.15) is 26.0 Å². The molecule has 0 aliphatic heterocycles. The molecule has 1 rings (SSSR count). The van der Waals surface area contributed by atoms with Crippen molar-refractivity contribution in [2.24, 2.45) is 0 Å². The predicted molar refractivity (Wildman–Crippen MR) is 63.2 cm³/mol. The number of rotatable bonds is 4. The minimum atomic E-state index is -0.215. The molecule has 5 nitrogen and oxygen atoms in total. The van der Waals surface area contributed by atoms with Crippen LogP contribution in [0.25, 0.3) is 0 Å². The minimum absolute atomic E-state index is 0.0442. The Bertz CT molecular complexity index is 376. The average Bonchev–Trinajstić information content (AvgIpc) is 2.21. The second kappa shape index (κ2) is 5.03. The first kappa shape index (κ1) is 12.6. The van der Waals surface area contributed by atoms with E-state index in [0.29, 0.717) is 12.1 Å². The van der Waals surface area contributed by atoms with E-state index in [1.54, 1.807) is 6.20 Å². The number of carbonyl (C=O) groups is 1. The topological polar surface area (TPSA) is 66.9 Å². The number of nitrogens with zero attached hydrogens (tertiary/aromatic N) is 2. The van der Waals surface area contributed by atoms with Crippen LogP contribution in [0.3, 0.4) is 0 Å². The average molecular weight is 222 g/mol. The third-order valence-corrected chi connectivity index (χ3v) is 2.46. The van der Waals surface area contributed by atoms with E-state index in [1.807, 2.05) is 27.8 Å². The summed E-state index contributed by atoms with van der Waals surface area (Å²) < 4.78 is 0. The van der Waals surface area contributed by atoms with Gasteiger partial charge in [0.05, 0.1) is 17.6 Å². The predicted octanol–water partition coefficient (Wildman–Crippen LogP) is 1.11. The van der Waals surface area contributed by atoms with Crippen molar-refractivity contribution in [2.45, 2.75) is 32.7 Å². The zero-order chi connectivity index (χ0) is 12.2. The first-order valence-electron chi connectivity index (χ1n) is 5.20. The number of nitrogens with one attached hydrogen (secondary N) is 2. The third kappa shape index (κ3) is 3.58. The standard InChI is InChI=1S/C11H18N4O/c1-8-9(6-13-7-14-8)15-10(16)5-11(2,3)12-4/h6-7,12H,5H2,1-4H3,(H,15,16). The van der Waals surface area contributed by atoms with Crippen molar-refractivity contribution in [2.75, 3.05) is 12.4 Å². The van der Waals surface area contributed by atoms with E-state index in [1.165, 1.54) is 6.33 Å². The van der Waals surface area contributed by atoms with Crippen molar-refractivity contribution in [1.29, 1.82) is 0 Å². The van der Waals surface area contributed by atoms with Gasteiger partial charge in [-0.05, 0) is 27.8 Å². The molecule has 1 amide bonds. The quantitative estimate of drug-likeness (QED) is 0.801. The van der Waals surface area contributed by atoms with Gasteiger partial charge in [-0.25, -0.2) is 9.97 Å². The van der Waals surface area contributed by atoms with Gasteiger partial charge in [0.2, 0.25) is 5.91 Å². The maximum absolute atomic E-state index is 11.7. The van der Waals surface area contributed by atoms with Gasteiger partial charge in [0.25, 0.3) is 0 Å². The Morgan fingerprint density at radius 1 is 1.50 bits per heavy atom. The van der Waals surface area contributed by atoms with Gasteiger partial charge < -0.3 is 10.6 Å². The fraction of sp³-hybridized carbons (Fsp3) is 0.545. The van der Waals surface area contributed by atoms with Crippen LogP contribution in [0.15, 0.2) is 12.5 Å². The highest BCUT2D eigenvalue weighted by Crippen LogP contribution is 2.12. The molecule has 0 aromatic carbocycles. The van der Waals surface area contributed by atoms with Crippen LogP contribution in [0.4, 0.5) is 5.69 Å². The Morgan fingerprint density at radius 3 is 2.75 bits per heavy atom. The summed E-state index contributed by atoms with van der Waals surface area (Å²) in [6, 6.07) is 0. The summed E-state index contributed by atoms with van der Waals surface area (Å²) >= 11 is 0. The van der Waals surface area contributed by atoms with Crippen molar-refractivity contribution in [3.05, 3.63) is 18.2 Å². The molecule has 88 valence electrons. The zero-order valence-corrected chi connectivity index (χ0v) is 10.2. The molecule has 5 heteroatoms. The van der Waals surface area contributed by atoms with Crippen molar-refractivity contribution in [1.82, 2.24) is 15.3 Å². The molecule has 16 heavy (non-hydrogen) atoms. The first-order valence-corrected chi connectivity index (χ1v) is 5.20. The molecule has 0 aliphatic carbocycles. The normalized spacial score (nSPS) is 11.2. The van der Waals surface area contributed by atoms with Crippen LogP contribution in [-0.4, -0.2) is 28.5 Å². The maximum atomic E-state index is 11.7. The van der Waals surface area contributed by atoms with Crippen LogP contribution in [0.2, 0.25) is 0 Å². The van der Waals surface area contributed by atoms with E-state index in [2.05, 4.69) is 20.6 Å². The van der Waals surface area contributed by atoms with Crippen molar-refractivity contribution in [3.8, 4) is 0 Å². The van der Waals surface area contributed by atoms with Gasteiger partial charge >= 0.3 is 0 Å². The minimum Gasteiger partial charge on any atom is -0.323 e. The molecule has 1 aromatic rings. The van der Waals surface area contributed by atoms with Gasteiger partial charge in [-0.2, -0.15) is 0 Å². The van der Waals surface area contributed by atoms with Crippen molar-refractivity contribution in [3.63, 3.8) is 0 Å². The highest BCUT2D eigenvalue weighted by molar-refractivity contribution is 5.91. The SMILES string of the molecule is CNC(C)(C)CC(=O)Nc1cncnc1C. The summed E-state index contributed by atoms with van der Waals surface area (Å²) in [4.78, 5) is 19.6. The smallest absolute Gasteiger partial charge is 0.226 e. The van der Waals surface area contributed by atoms with Gasteiger partial charge in [-0.15, -0.1) is 0 Å². The number of carbonyl (C=O) groups excluding carboxylic acids is 1. The van der Waals surface area contributed by atoms with Crippen LogP contribution in [0, 0.1) is 6.92 Å². The summed E-state index contributed by atoms with van der Waals surface area (Å²) in [6.07, 6.45) is 3.47. The molecule has 0 unspecified atom stereocenters. The number of hydrogen-bond donors (Lipinski definition) is 2. The molecule has 0 bridgehead atoms. The molecule has 1 aromatic heterocycles. The first-order chi connectivity index (χ1) is 7.44. The van der Waals surface area contributed by atoms with Crippen molar-refractivity contribution < 1.29 is 4.79 Å². The van der Waals surface area contributed by atoms with Gasteiger partial charge in [-0.3, -0.25) is 4.79 Å². The Hall–Kier alpha value is -1.49. The molecule has 0 fully saturated rings. The van der Waals surface area contributed by atoms with Gasteiger partial charge in [0.15, 0.2) is 0 Å². The maximum Gasteiger partial charge on any atom is 0.226 e. The highest BCUT2D eigenvalue weighted by Gasteiger charge is 2.19. The lowest BCUT2D eigenvalue weighted by molar-refractivity contribution is -0.117. The summed E-state index contributed by atoms with van der Waals surface area (Å²) in [5.74, 6) is -0.0442. The highest BCUT2D eigenvalue weighted by atomic mass is 16.1. The lowest BCUT2D eigenvalue weighted by Gasteiger charge is -2.23. The van der Waals surface area contributed by atoms with E-state index in [9.17, 15) is 4.79 Å². The Balaban J connectivity index is 2.62. The van der Waals surface area contributed by atoms with Crippen LogP contribution in [-0.2, 0) is 4.79 Å². The third-order valence-electron chi connectivity index (χ3n) is 2.46. The molecule has 0 radical (unpaired) electrons. The van der Waals surface area contributed by atoms with Crippen LogP contribution >= 0.6 is 0 Å². The van der Waals surface area contributed by atoms with E-state index >= 15 is 0 Å². The number of aryl methyl sites for hydroxylation is 1. The number of anilines is 1. The summed E-state index contributed by atoms with van der Waals surface area (Å²) in [7, 11) is 1.84. The fourth-order valence-corrected chi connectivity index (χ4v) is 1.20. The molecule has 1 heterocycles. The van der Waals surface area contributed by atoms with Crippen molar-refractivity contribution >= 4 is 11.6 Å². The van der Waals surface area contributed by atoms with E-state index in [-0.39, 0.29) is 11.4 Å². The molecule has 0 saturated heterocycles. The monoisotopic (exact) mass is 222 g/mol. The molecule has 0 saturated carbocycles. The van der Waals surface area contributed by atoms with E-state index < -0.39 is 0 Å². The zero-order valence-electron chi connectivity index (χ0n) is 10.2.